The molecule has 1 aliphatic rings. The number of hydrogen-bond donors (Lipinski definition) is 1. The molecule has 1 aliphatic carbocycles. The first-order chi connectivity index (χ1) is 12.1. The smallest absolute Gasteiger partial charge is 0.234 e. The average Bonchev–Trinajstić information content (AvgIpc) is 2.62. The number of hydrogen-bond acceptors (Lipinski definition) is 4. The molecular weight excluding hydrogens is 354 g/mol. The van der Waals surface area contributed by atoms with E-state index in [4.69, 9.17) is 11.6 Å². The summed E-state index contributed by atoms with van der Waals surface area (Å²) < 4.78 is 0. The van der Waals surface area contributed by atoms with E-state index in [0.29, 0.717) is 21.3 Å². The minimum Gasteiger partial charge on any atom is -0.325 e. The van der Waals surface area contributed by atoms with Crippen LogP contribution < -0.4 is 5.32 Å². The summed E-state index contributed by atoms with van der Waals surface area (Å²) in [5.74, 6) is 0.0797. The van der Waals surface area contributed by atoms with E-state index in [1.54, 1.807) is 24.3 Å². The molecule has 1 amide bonds. The highest BCUT2D eigenvalue weighted by Gasteiger charge is 2.21. The van der Waals surface area contributed by atoms with Gasteiger partial charge in [0.1, 0.15) is 11.1 Å². The van der Waals surface area contributed by atoms with Gasteiger partial charge in [0.05, 0.1) is 11.3 Å². The van der Waals surface area contributed by atoms with Gasteiger partial charge >= 0.3 is 0 Å². The van der Waals surface area contributed by atoms with Crippen LogP contribution >= 0.6 is 23.4 Å². The van der Waals surface area contributed by atoms with Crippen molar-refractivity contribution < 1.29 is 4.79 Å². The normalized spacial score (nSPS) is 13.0. The van der Waals surface area contributed by atoms with E-state index in [1.165, 1.54) is 17.3 Å². The van der Waals surface area contributed by atoms with Gasteiger partial charge in [-0.1, -0.05) is 23.4 Å². The quantitative estimate of drug-likeness (QED) is 0.802. The highest BCUT2D eigenvalue weighted by atomic mass is 35.5. The number of nitrogens with one attached hydrogen (secondary N) is 1. The largest absolute Gasteiger partial charge is 0.325 e. The molecule has 6 heteroatoms. The average molecular weight is 372 g/mol. The van der Waals surface area contributed by atoms with Gasteiger partial charge in [-0.05, 0) is 68.0 Å². The lowest BCUT2D eigenvalue weighted by Gasteiger charge is -2.20. The molecule has 1 heterocycles. The van der Waals surface area contributed by atoms with E-state index >= 15 is 0 Å². The number of carbonyl (C=O) groups is 1. The molecule has 128 valence electrons. The Balaban J connectivity index is 1.72. The van der Waals surface area contributed by atoms with E-state index in [2.05, 4.69) is 16.4 Å². The summed E-state index contributed by atoms with van der Waals surface area (Å²) in [7, 11) is 0. The molecule has 3 rings (SSSR count). The lowest BCUT2D eigenvalue weighted by atomic mass is 9.88. The van der Waals surface area contributed by atoms with Crippen molar-refractivity contribution in [3.8, 4) is 6.07 Å². The van der Waals surface area contributed by atoms with Crippen LogP contribution in [0.4, 0.5) is 5.69 Å². The Morgan fingerprint density at radius 1 is 1.28 bits per heavy atom. The maximum Gasteiger partial charge on any atom is 0.234 e. The van der Waals surface area contributed by atoms with Crippen molar-refractivity contribution >= 4 is 35.0 Å². The number of anilines is 1. The summed E-state index contributed by atoms with van der Waals surface area (Å²) in [4.78, 5) is 16.8. The lowest BCUT2D eigenvalue weighted by molar-refractivity contribution is -0.113. The van der Waals surface area contributed by atoms with Gasteiger partial charge in [-0.2, -0.15) is 5.26 Å². The van der Waals surface area contributed by atoms with Gasteiger partial charge < -0.3 is 5.32 Å². The summed E-state index contributed by atoms with van der Waals surface area (Å²) in [6.07, 6.45) is 4.17. The summed E-state index contributed by atoms with van der Waals surface area (Å²) in [5.41, 5.74) is 4.67. The number of aromatic nitrogens is 1. The molecule has 0 unspecified atom stereocenters. The number of halogens is 1. The maximum atomic E-state index is 12.2. The van der Waals surface area contributed by atoms with E-state index in [1.807, 2.05) is 6.92 Å². The van der Waals surface area contributed by atoms with E-state index in [-0.39, 0.29) is 11.7 Å². The van der Waals surface area contributed by atoms with Crippen LogP contribution in [0.25, 0.3) is 0 Å². The molecule has 2 aromatic rings. The van der Waals surface area contributed by atoms with Crippen LogP contribution in [0.3, 0.4) is 0 Å². The van der Waals surface area contributed by atoms with Crippen molar-refractivity contribution in [1.29, 1.82) is 5.26 Å². The molecule has 0 radical (unpaired) electrons. The summed E-state index contributed by atoms with van der Waals surface area (Å²) >= 11 is 7.16. The van der Waals surface area contributed by atoms with Gasteiger partial charge in [0, 0.05) is 16.4 Å². The highest BCUT2D eigenvalue weighted by molar-refractivity contribution is 8.00. The molecule has 0 bridgehead atoms. The Morgan fingerprint density at radius 3 is 2.64 bits per heavy atom. The zero-order valence-electron chi connectivity index (χ0n) is 13.9. The van der Waals surface area contributed by atoms with Crippen molar-refractivity contribution in [3.05, 3.63) is 51.7 Å². The highest BCUT2D eigenvalue weighted by Crippen LogP contribution is 2.32. The lowest BCUT2D eigenvalue weighted by Crippen LogP contribution is -2.15. The number of benzene rings is 1. The fourth-order valence-corrected chi connectivity index (χ4v) is 4.05. The van der Waals surface area contributed by atoms with E-state index in [0.717, 1.165) is 36.9 Å². The van der Waals surface area contributed by atoms with Gasteiger partial charge in [-0.15, -0.1) is 0 Å². The zero-order chi connectivity index (χ0) is 17.8. The van der Waals surface area contributed by atoms with Crippen LogP contribution in [-0.4, -0.2) is 16.6 Å². The number of aryl methyl sites for hydroxylation is 1. The van der Waals surface area contributed by atoms with Crippen LogP contribution in [0.1, 0.15) is 35.2 Å². The van der Waals surface area contributed by atoms with E-state index < -0.39 is 0 Å². The second kappa shape index (κ2) is 7.90. The van der Waals surface area contributed by atoms with Crippen LogP contribution in [0.15, 0.2) is 29.3 Å². The van der Waals surface area contributed by atoms with Crippen LogP contribution in [-0.2, 0) is 17.6 Å². The number of carbonyl (C=O) groups excluding carboxylic acids is 1. The topological polar surface area (TPSA) is 65.8 Å². The van der Waals surface area contributed by atoms with Crippen molar-refractivity contribution in [2.45, 2.75) is 37.6 Å². The van der Waals surface area contributed by atoms with Gasteiger partial charge in [-0.25, -0.2) is 4.98 Å². The van der Waals surface area contributed by atoms with Crippen molar-refractivity contribution in [3.63, 3.8) is 0 Å². The standard InChI is InChI=1S/C19H18ClN3OS/c1-12-15-4-2-3-5-16(15)17(10-21)19(22-12)25-11-18(24)23-14-8-6-13(20)7-9-14/h6-9H,2-5,11H2,1H3,(H,23,24). The van der Waals surface area contributed by atoms with Crippen LogP contribution in [0.2, 0.25) is 5.02 Å². The molecule has 0 aliphatic heterocycles. The third-order valence-electron chi connectivity index (χ3n) is 4.27. The second-order valence-corrected chi connectivity index (χ2v) is 7.40. The zero-order valence-corrected chi connectivity index (χ0v) is 15.5. The molecule has 0 atom stereocenters. The first-order valence-electron chi connectivity index (χ1n) is 8.19. The predicted molar refractivity (Wildman–Crippen MR) is 101 cm³/mol. The Labute approximate surface area is 156 Å². The SMILES string of the molecule is Cc1nc(SCC(=O)Nc2ccc(Cl)cc2)c(C#N)c2c1CCCC2. The Bertz CT molecular complexity index is 843. The summed E-state index contributed by atoms with van der Waals surface area (Å²) in [5, 5.41) is 13.7. The third kappa shape index (κ3) is 4.15. The van der Waals surface area contributed by atoms with Gasteiger partial charge in [-0.3, -0.25) is 4.79 Å². The number of rotatable bonds is 4. The number of pyridine rings is 1. The third-order valence-corrected chi connectivity index (χ3v) is 5.50. The number of nitrogens with zero attached hydrogens (tertiary/aromatic N) is 2. The monoisotopic (exact) mass is 371 g/mol. The summed E-state index contributed by atoms with van der Waals surface area (Å²) in [6.45, 7) is 1.99. The summed E-state index contributed by atoms with van der Waals surface area (Å²) in [6, 6.07) is 9.27. The number of nitriles is 1. The number of fused-ring (bicyclic) bond motifs is 1. The van der Waals surface area contributed by atoms with Crippen LogP contribution in [0, 0.1) is 18.3 Å². The Morgan fingerprint density at radius 2 is 1.96 bits per heavy atom. The van der Waals surface area contributed by atoms with Crippen molar-refractivity contribution in [1.82, 2.24) is 4.98 Å². The Hall–Kier alpha value is -2.03. The molecule has 25 heavy (non-hydrogen) atoms. The fraction of sp³-hybridized carbons (Fsp3) is 0.316. The second-order valence-electron chi connectivity index (χ2n) is 6.00. The van der Waals surface area contributed by atoms with Gasteiger partial charge in [0.25, 0.3) is 0 Å². The maximum absolute atomic E-state index is 12.2. The molecule has 4 nitrogen and oxygen atoms in total. The minimum atomic E-state index is -0.131. The van der Waals surface area contributed by atoms with E-state index in [9.17, 15) is 10.1 Å². The molecule has 0 fully saturated rings. The Kier molecular flexibility index (Phi) is 5.62. The molecule has 1 N–H and O–H groups in total. The van der Waals surface area contributed by atoms with Crippen molar-refractivity contribution in [2.75, 3.05) is 11.1 Å². The van der Waals surface area contributed by atoms with Crippen molar-refractivity contribution in [2.24, 2.45) is 0 Å². The van der Waals surface area contributed by atoms with Crippen LogP contribution in [0.5, 0.6) is 0 Å². The minimum absolute atomic E-state index is 0.131. The van der Waals surface area contributed by atoms with Gasteiger partial charge in [0.15, 0.2) is 0 Å². The first-order valence-corrected chi connectivity index (χ1v) is 9.55. The predicted octanol–water partition coefficient (Wildman–Crippen LogP) is 4.52. The van der Waals surface area contributed by atoms with Gasteiger partial charge in [0.2, 0.25) is 5.91 Å². The molecule has 1 aromatic heterocycles. The molecular formula is C19H18ClN3OS. The molecule has 1 aromatic carbocycles. The molecule has 0 spiro atoms. The number of amides is 1. The molecule has 0 saturated heterocycles. The fourth-order valence-electron chi connectivity index (χ4n) is 3.07. The first kappa shape index (κ1) is 17.8. The molecule has 0 saturated carbocycles. The number of thioether (sulfide) groups is 1.